The average molecular weight is 463 g/mol. The van der Waals surface area contributed by atoms with E-state index in [9.17, 15) is 9.18 Å². The van der Waals surface area contributed by atoms with Gasteiger partial charge in [-0.2, -0.15) is 4.98 Å². The van der Waals surface area contributed by atoms with Gasteiger partial charge in [0.2, 0.25) is 5.82 Å². The zero-order chi connectivity index (χ0) is 23.7. The Hall–Kier alpha value is -3.52. The SMILES string of the molecule is CCc1ccc(-c2noc(C3=C(C)N(CC4CCCO4)C(=O)NC3c3cccc(F)c3)n2)cc1. The third-order valence-electron chi connectivity index (χ3n) is 6.47. The lowest BCUT2D eigenvalue weighted by molar-refractivity contribution is 0.0877. The lowest BCUT2D eigenvalue weighted by Gasteiger charge is -2.36. The third kappa shape index (κ3) is 4.33. The van der Waals surface area contributed by atoms with Gasteiger partial charge >= 0.3 is 6.03 Å². The molecule has 1 fully saturated rings. The van der Waals surface area contributed by atoms with Crippen molar-refractivity contribution in [3.63, 3.8) is 0 Å². The van der Waals surface area contributed by atoms with Crippen molar-refractivity contribution in [2.75, 3.05) is 13.2 Å². The largest absolute Gasteiger partial charge is 0.376 e. The lowest BCUT2D eigenvalue weighted by atomic mass is 9.94. The number of aromatic nitrogens is 2. The van der Waals surface area contributed by atoms with Crippen molar-refractivity contribution < 1.29 is 18.4 Å². The van der Waals surface area contributed by atoms with E-state index in [2.05, 4.69) is 22.4 Å². The Balaban J connectivity index is 1.55. The first-order valence-corrected chi connectivity index (χ1v) is 11.6. The molecule has 2 aliphatic heterocycles. The molecule has 2 amide bonds. The fourth-order valence-electron chi connectivity index (χ4n) is 4.55. The maximum Gasteiger partial charge on any atom is 0.322 e. The fraction of sp³-hybridized carbons (Fsp3) is 0.346. The number of ether oxygens (including phenoxy) is 1. The quantitative estimate of drug-likeness (QED) is 0.550. The molecule has 176 valence electrons. The molecular formula is C26H27FN4O3. The smallest absolute Gasteiger partial charge is 0.322 e. The number of urea groups is 1. The van der Waals surface area contributed by atoms with Crippen molar-refractivity contribution in [2.45, 2.75) is 45.3 Å². The molecule has 1 saturated heterocycles. The van der Waals surface area contributed by atoms with Gasteiger partial charge < -0.3 is 14.6 Å². The minimum atomic E-state index is -0.625. The lowest BCUT2D eigenvalue weighted by Crippen LogP contribution is -2.48. The summed E-state index contributed by atoms with van der Waals surface area (Å²) in [6.45, 7) is 5.08. The molecule has 7 nitrogen and oxygen atoms in total. The van der Waals surface area contributed by atoms with Crippen LogP contribution in [0, 0.1) is 5.82 Å². The molecule has 8 heteroatoms. The highest BCUT2D eigenvalue weighted by molar-refractivity contribution is 5.87. The number of nitrogens with one attached hydrogen (secondary N) is 1. The van der Waals surface area contributed by atoms with Crippen LogP contribution in [0.15, 0.2) is 58.8 Å². The number of amides is 2. The second-order valence-corrected chi connectivity index (χ2v) is 8.66. The highest BCUT2D eigenvalue weighted by atomic mass is 19.1. The second-order valence-electron chi connectivity index (χ2n) is 8.66. The molecule has 0 bridgehead atoms. The summed E-state index contributed by atoms with van der Waals surface area (Å²) >= 11 is 0. The number of carbonyl (C=O) groups excluding carboxylic acids is 1. The van der Waals surface area contributed by atoms with Crippen LogP contribution in [0.25, 0.3) is 17.0 Å². The number of hydrogen-bond donors (Lipinski definition) is 1. The van der Waals surface area contributed by atoms with Crippen LogP contribution in [0.3, 0.4) is 0 Å². The molecule has 2 aliphatic rings. The molecule has 3 aromatic rings. The molecule has 0 aliphatic carbocycles. The van der Waals surface area contributed by atoms with Crippen LogP contribution in [-0.2, 0) is 11.2 Å². The van der Waals surface area contributed by atoms with Crippen LogP contribution in [0.2, 0.25) is 0 Å². The zero-order valence-corrected chi connectivity index (χ0v) is 19.3. The highest BCUT2D eigenvalue weighted by Gasteiger charge is 2.37. The number of aryl methyl sites for hydroxylation is 1. The Morgan fingerprint density at radius 2 is 2.03 bits per heavy atom. The summed E-state index contributed by atoms with van der Waals surface area (Å²) in [5, 5.41) is 7.20. The van der Waals surface area contributed by atoms with Gasteiger partial charge in [0, 0.05) is 17.9 Å². The van der Waals surface area contributed by atoms with Gasteiger partial charge in [0.05, 0.1) is 24.3 Å². The summed E-state index contributed by atoms with van der Waals surface area (Å²) in [6, 6.07) is 13.3. The fourth-order valence-corrected chi connectivity index (χ4v) is 4.55. The van der Waals surface area contributed by atoms with Crippen LogP contribution in [-0.4, -0.2) is 40.3 Å². The molecule has 2 aromatic carbocycles. The van der Waals surface area contributed by atoms with Crippen molar-refractivity contribution in [3.8, 4) is 11.4 Å². The normalized spacial score (nSPS) is 20.7. The van der Waals surface area contributed by atoms with Gasteiger partial charge in [-0.3, -0.25) is 4.90 Å². The van der Waals surface area contributed by atoms with Crippen LogP contribution >= 0.6 is 0 Å². The molecule has 34 heavy (non-hydrogen) atoms. The highest BCUT2D eigenvalue weighted by Crippen LogP contribution is 2.38. The molecule has 2 atom stereocenters. The molecule has 1 aromatic heterocycles. The molecule has 0 saturated carbocycles. The van der Waals surface area contributed by atoms with Crippen molar-refractivity contribution in [3.05, 3.63) is 77.1 Å². The van der Waals surface area contributed by atoms with E-state index in [4.69, 9.17) is 9.26 Å². The van der Waals surface area contributed by atoms with Crippen LogP contribution in [0.4, 0.5) is 9.18 Å². The Morgan fingerprint density at radius 3 is 2.74 bits per heavy atom. The second kappa shape index (κ2) is 9.38. The summed E-state index contributed by atoms with van der Waals surface area (Å²) in [4.78, 5) is 19.4. The van der Waals surface area contributed by atoms with E-state index in [0.29, 0.717) is 41.7 Å². The Morgan fingerprint density at radius 1 is 1.21 bits per heavy atom. The Kier molecular flexibility index (Phi) is 6.15. The van der Waals surface area contributed by atoms with Crippen molar-refractivity contribution in [1.82, 2.24) is 20.4 Å². The Labute approximate surface area is 197 Å². The molecule has 3 heterocycles. The topological polar surface area (TPSA) is 80.5 Å². The summed E-state index contributed by atoms with van der Waals surface area (Å²) in [6.07, 6.45) is 2.80. The molecular weight excluding hydrogens is 435 g/mol. The van der Waals surface area contributed by atoms with Gasteiger partial charge in [0.25, 0.3) is 5.89 Å². The van der Waals surface area contributed by atoms with E-state index in [0.717, 1.165) is 24.8 Å². The minimum Gasteiger partial charge on any atom is -0.376 e. The first-order chi connectivity index (χ1) is 16.5. The maximum atomic E-state index is 14.1. The number of carbonyl (C=O) groups is 1. The standard InChI is InChI=1S/C26H27FN4O3/c1-3-17-9-11-18(12-10-17)24-29-25(34-30-24)22-16(2)31(15-21-8-5-13-33-21)26(32)28-23(22)19-6-4-7-20(27)14-19/h4,6-7,9-12,14,21,23H,3,5,8,13,15H2,1-2H3,(H,28,32). The van der Waals surface area contributed by atoms with Gasteiger partial charge in [0.15, 0.2) is 0 Å². The van der Waals surface area contributed by atoms with E-state index in [1.54, 1.807) is 17.0 Å². The monoisotopic (exact) mass is 462 g/mol. The van der Waals surface area contributed by atoms with Crippen molar-refractivity contribution in [2.24, 2.45) is 0 Å². The molecule has 0 spiro atoms. The van der Waals surface area contributed by atoms with E-state index in [-0.39, 0.29) is 18.0 Å². The number of benzene rings is 2. The average Bonchev–Trinajstić information content (AvgIpc) is 3.54. The van der Waals surface area contributed by atoms with Gasteiger partial charge in [-0.25, -0.2) is 9.18 Å². The molecule has 2 unspecified atom stereocenters. The number of nitrogens with zero attached hydrogens (tertiary/aromatic N) is 3. The first kappa shape index (κ1) is 22.3. The van der Waals surface area contributed by atoms with Gasteiger partial charge in [-0.1, -0.05) is 48.5 Å². The number of halogens is 1. The van der Waals surface area contributed by atoms with Crippen molar-refractivity contribution in [1.29, 1.82) is 0 Å². The van der Waals surface area contributed by atoms with E-state index >= 15 is 0 Å². The van der Waals surface area contributed by atoms with Crippen LogP contribution in [0.1, 0.15) is 49.7 Å². The third-order valence-corrected chi connectivity index (χ3v) is 6.47. The number of allylic oxidation sites excluding steroid dienone is 1. The van der Waals surface area contributed by atoms with Crippen LogP contribution < -0.4 is 5.32 Å². The minimum absolute atomic E-state index is 0.0250. The van der Waals surface area contributed by atoms with Crippen LogP contribution in [0.5, 0.6) is 0 Å². The summed E-state index contributed by atoms with van der Waals surface area (Å²) < 4.78 is 25.5. The zero-order valence-electron chi connectivity index (χ0n) is 19.3. The number of hydrogen-bond acceptors (Lipinski definition) is 5. The summed E-state index contributed by atoms with van der Waals surface area (Å²) in [7, 11) is 0. The van der Waals surface area contributed by atoms with Gasteiger partial charge in [-0.05, 0) is 49.4 Å². The molecule has 1 N–H and O–H groups in total. The van der Waals surface area contributed by atoms with Gasteiger partial charge in [0.1, 0.15) is 5.82 Å². The van der Waals surface area contributed by atoms with E-state index in [1.165, 1.54) is 17.7 Å². The van der Waals surface area contributed by atoms with E-state index in [1.807, 2.05) is 31.2 Å². The molecule has 5 rings (SSSR count). The van der Waals surface area contributed by atoms with Gasteiger partial charge in [-0.15, -0.1) is 0 Å². The first-order valence-electron chi connectivity index (χ1n) is 11.6. The van der Waals surface area contributed by atoms with Crippen molar-refractivity contribution >= 4 is 11.6 Å². The number of rotatable bonds is 6. The maximum absolute atomic E-state index is 14.1. The summed E-state index contributed by atoms with van der Waals surface area (Å²) in [5.74, 6) is 0.366. The van der Waals surface area contributed by atoms with E-state index < -0.39 is 6.04 Å². The predicted molar refractivity (Wildman–Crippen MR) is 125 cm³/mol. The predicted octanol–water partition coefficient (Wildman–Crippen LogP) is 5.11. The Bertz CT molecular complexity index is 1210. The summed E-state index contributed by atoms with van der Waals surface area (Å²) in [5.41, 5.74) is 3.99. The molecule has 0 radical (unpaired) electrons.